The number of carbonyl (C=O) groups is 2. The van der Waals surface area contributed by atoms with E-state index in [0.717, 1.165) is 12.8 Å². The average Bonchev–Trinajstić information content (AvgIpc) is 3.18. The molecular weight excluding hydrogens is 304 g/mol. The third-order valence-electron chi connectivity index (χ3n) is 5.02. The molecule has 24 heavy (non-hydrogen) atoms. The minimum absolute atomic E-state index is 0.104. The van der Waals surface area contributed by atoms with Gasteiger partial charge in [0.15, 0.2) is 0 Å². The van der Waals surface area contributed by atoms with Crippen molar-refractivity contribution in [3.63, 3.8) is 0 Å². The van der Waals surface area contributed by atoms with Crippen molar-refractivity contribution in [1.82, 2.24) is 10.2 Å². The first-order valence-electron chi connectivity index (χ1n) is 8.97. The zero-order valence-corrected chi connectivity index (χ0v) is 14.1. The minimum Gasteiger partial charge on any atom is -0.448 e. The first-order chi connectivity index (χ1) is 11.7. The van der Waals surface area contributed by atoms with Gasteiger partial charge in [-0.3, -0.25) is 4.79 Å². The van der Waals surface area contributed by atoms with E-state index in [1.54, 1.807) is 4.90 Å². The number of amides is 2. The van der Waals surface area contributed by atoms with Gasteiger partial charge in [0, 0.05) is 19.0 Å². The van der Waals surface area contributed by atoms with Crippen LogP contribution in [0.2, 0.25) is 0 Å². The molecule has 0 radical (unpaired) electrons. The first kappa shape index (κ1) is 16.8. The first-order valence-corrected chi connectivity index (χ1v) is 8.97. The van der Waals surface area contributed by atoms with Gasteiger partial charge in [-0.05, 0) is 37.2 Å². The van der Waals surface area contributed by atoms with Crippen LogP contribution in [0, 0.1) is 5.92 Å². The number of nitrogens with one attached hydrogen (secondary N) is 1. The Labute approximate surface area is 143 Å². The van der Waals surface area contributed by atoms with Gasteiger partial charge in [-0.2, -0.15) is 0 Å². The summed E-state index contributed by atoms with van der Waals surface area (Å²) < 4.78 is 4.89. The molecule has 1 aromatic carbocycles. The van der Waals surface area contributed by atoms with Gasteiger partial charge >= 0.3 is 6.09 Å². The van der Waals surface area contributed by atoms with E-state index < -0.39 is 0 Å². The molecule has 5 heteroatoms. The summed E-state index contributed by atoms with van der Waals surface area (Å²) in [7, 11) is 0. The summed E-state index contributed by atoms with van der Waals surface area (Å²) in [4.78, 5) is 25.2. The van der Waals surface area contributed by atoms with E-state index in [1.165, 1.54) is 18.4 Å². The fraction of sp³-hybridized carbons (Fsp3) is 0.579. The highest BCUT2D eigenvalue weighted by atomic mass is 16.6. The van der Waals surface area contributed by atoms with Gasteiger partial charge in [0.25, 0.3) is 0 Å². The van der Waals surface area contributed by atoms with E-state index in [0.29, 0.717) is 38.5 Å². The van der Waals surface area contributed by atoms with Gasteiger partial charge in [-0.1, -0.05) is 36.8 Å². The molecule has 0 spiro atoms. The molecule has 0 aromatic heterocycles. The number of hydrogen-bond donors (Lipinski definition) is 1. The van der Waals surface area contributed by atoms with Crippen LogP contribution in [0.15, 0.2) is 30.3 Å². The molecule has 2 fully saturated rings. The Balaban J connectivity index is 1.40. The molecule has 0 bridgehead atoms. The lowest BCUT2D eigenvalue weighted by atomic mass is 9.94. The summed E-state index contributed by atoms with van der Waals surface area (Å²) in [6.07, 6.45) is 5.37. The molecule has 1 saturated carbocycles. The van der Waals surface area contributed by atoms with Crippen LogP contribution in [-0.2, 0) is 16.0 Å². The highest BCUT2D eigenvalue weighted by molar-refractivity contribution is 5.76. The Kier molecular flexibility index (Phi) is 5.72. The van der Waals surface area contributed by atoms with Crippen molar-refractivity contribution in [1.29, 1.82) is 0 Å². The number of rotatable bonds is 7. The number of cyclic esters (lactones) is 1. The molecule has 1 aliphatic heterocycles. The molecule has 130 valence electrons. The molecule has 2 aliphatic rings. The van der Waals surface area contributed by atoms with Crippen molar-refractivity contribution >= 4 is 12.0 Å². The Morgan fingerprint density at radius 2 is 2.08 bits per heavy atom. The van der Waals surface area contributed by atoms with Gasteiger partial charge < -0.3 is 15.0 Å². The lowest BCUT2D eigenvalue weighted by molar-refractivity contribution is -0.122. The van der Waals surface area contributed by atoms with Crippen molar-refractivity contribution in [2.45, 2.75) is 44.6 Å². The summed E-state index contributed by atoms with van der Waals surface area (Å²) in [6.45, 7) is 1.71. The van der Waals surface area contributed by atoms with Crippen molar-refractivity contribution in [3.8, 4) is 0 Å². The van der Waals surface area contributed by atoms with Crippen LogP contribution < -0.4 is 5.32 Å². The third-order valence-corrected chi connectivity index (χ3v) is 5.02. The molecule has 1 saturated heterocycles. The van der Waals surface area contributed by atoms with E-state index in [-0.39, 0.29) is 18.0 Å². The van der Waals surface area contributed by atoms with Crippen molar-refractivity contribution < 1.29 is 14.3 Å². The lowest BCUT2D eigenvalue weighted by Crippen LogP contribution is -2.38. The standard InChI is InChI=1S/C19H26N2O3/c22-18(10-5-11-21-12-13-24-19(21)23)20-17-9-4-8-16(17)14-15-6-2-1-3-7-15/h1-3,6-7,16-17H,4-5,8-14H2,(H,20,22)/t16-,17+/m0/s1. The third kappa shape index (κ3) is 4.49. The summed E-state index contributed by atoms with van der Waals surface area (Å²) in [6, 6.07) is 10.8. The van der Waals surface area contributed by atoms with Gasteiger partial charge in [-0.25, -0.2) is 4.79 Å². The maximum atomic E-state index is 12.2. The second-order valence-corrected chi connectivity index (χ2v) is 6.76. The Morgan fingerprint density at radius 3 is 2.83 bits per heavy atom. The largest absolute Gasteiger partial charge is 0.448 e. The fourth-order valence-corrected chi connectivity index (χ4v) is 3.73. The molecule has 1 aliphatic carbocycles. The number of nitrogens with zero attached hydrogens (tertiary/aromatic N) is 1. The lowest BCUT2D eigenvalue weighted by Gasteiger charge is -2.21. The highest BCUT2D eigenvalue weighted by Crippen LogP contribution is 2.29. The maximum Gasteiger partial charge on any atom is 0.409 e. The number of hydrogen-bond acceptors (Lipinski definition) is 3. The Bertz CT molecular complexity index is 561. The van der Waals surface area contributed by atoms with Gasteiger partial charge in [0.1, 0.15) is 6.61 Å². The predicted octanol–water partition coefficient (Wildman–Crippen LogP) is 2.75. The zero-order valence-electron chi connectivity index (χ0n) is 14.1. The summed E-state index contributed by atoms with van der Waals surface area (Å²) >= 11 is 0. The number of benzene rings is 1. The molecular formula is C19H26N2O3. The summed E-state index contributed by atoms with van der Waals surface area (Å²) in [5, 5.41) is 3.21. The van der Waals surface area contributed by atoms with E-state index in [1.807, 2.05) is 6.07 Å². The average molecular weight is 330 g/mol. The molecule has 2 amide bonds. The fourth-order valence-electron chi connectivity index (χ4n) is 3.73. The molecule has 1 N–H and O–H groups in total. The molecule has 1 heterocycles. The minimum atomic E-state index is -0.255. The summed E-state index contributed by atoms with van der Waals surface area (Å²) in [5.41, 5.74) is 1.34. The topological polar surface area (TPSA) is 58.6 Å². The van der Waals surface area contributed by atoms with Gasteiger partial charge in [-0.15, -0.1) is 0 Å². The number of ether oxygens (including phenoxy) is 1. The van der Waals surface area contributed by atoms with E-state index >= 15 is 0 Å². The van der Waals surface area contributed by atoms with Crippen LogP contribution in [0.1, 0.15) is 37.7 Å². The highest BCUT2D eigenvalue weighted by Gasteiger charge is 2.28. The van der Waals surface area contributed by atoms with Crippen LogP contribution in [0.4, 0.5) is 4.79 Å². The smallest absolute Gasteiger partial charge is 0.409 e. The molecule has 0 unspecified atom stereocenters. The van der Waals surface area contributed by atoms with Gasteiger partial charge in [0.05, 0.1) is 6.54 Å². The van der Waals surface area contributed by atoms with Crippen LogP contribution >= 0.6 is 0 Å². The second kappa shape index (κ2) is 8.18. The van der Waals surface area contributed by atoms with E-state index in [9.17, 15) is 9.59 Å². The maximum absolute atomic E-state index is 12.2. The molecule has 2 atom stereocenters. The predicted molar refractivity (Wildman–Crippen MR) is 91.6 cm³/mol. The Morgan fingerprint density at radius 1 is 1.25 bits per heavy atom. The molecule has 5 nitrogen and oxygen atoms in total. The number of carbonyl (C=O) groups excluding carboxylic acids is 2. The SMILES string of the molecule is O=C(CCCN1CCOC1=O)N[C@@H]1CCC[C@H]1Cc1ccccc1. The van der Waals surface area contributed by atoms with Crippen molar-refractivity contribution in [3.05, 3.63) is 35.9 Å². The second-order valence-electron chi connectivity index (χ2n) is 6.76. The zero-order chi connectivity index (χ0) is 16.8. The Hall–Kier alpha value is -2.04. The molecule has 1 aromatic rings. The van der Waals surface area contributed by atoms with Crippen molar-refractivity contribution in [2.75, 3.05) is 19.7 Å². The molecule has 3 rings (SSSR count). The van der Waals surface area contributed by atoms with Crippen LogP contribution in [0.25, 0.3) is 0 Å². The monoisotopic (exact) mass is 330 g/mol. The van der Waals surface area contributed by atoms with Crippen LogP contribution in [0.3, 0.4) is 0 Å². The van der Waals surface area contributed by atoms with Crippen LogP contribution in [0.5, 0.6) is 0 Å². The van der Waals surface area contributed by atoms with Crippen LogP contribution in [-0.4, -0.2) is 42.6 Å². The van der Waals surface area contributed by atoms with Gasteiger partial charge in [0.2, 0.25) is 5.91 Å². The quantitative estimate of drug-likeness (QED) is 0.836. The van der Waals surface area contributed by atoms with Crippen molar-refractivity contribution in [2.24, 2.45) is 5.92 Å². The normalized spacial score (nSPS) is 23.3. The summed E-state index contributed by atoms with van der Waals surface area (Å²) in [5.74, 6) is 0.637. The van der Waals surface area contributed by atoms with E-state index in [2.05, 4.69) is 29.6 Å². The van der Waals surface area contributed by atoms with E-state index in [4.69, 9.17) is 4.74 Å².